The second kappa shape index (κ2) is 13.4. The van der Waals surface area contributed by atoms with E-state index in [1.807, 2.05) is 65.2 Å². The number of aromatic carboxylic acids is 1. The van der Waals surface area contributed by atoms with E-state index < -0.39 is 5.97 Å². The van der Waals surface area contributed by atoms with E-state index in [-0.39, 0.29) is 18.0 Å². The SMILES string of the molecule is COc1ccc(-c2ccc(Cl)cc2)c(-c2ccc3cc(-c4c(C5CCCCC5)c5ccc(C(=O)O)cc5n4CC(=O)N(C)C)ccc3n2)c1. The Morgan fingerprint density at radius 3 is 2.35 bits per heavy atom. The van der Waals surface area contributed by atoms with Crippen LogP contribution in [0.3, 0.4) is 0 Å². The number of carbonyl (C=O) groups excluding carboxylic acids is 1. The summed E-state index contributed by atoms with van der Waals surface area (Å²) in [6.07, 6.45) is 5.62. The predicted octanol–water partition coefficient (Wildman–Crippen LogP) is 9.69. The van der Waals surface area contributed by atoms with Gasteiger partial charge in [-0.3, -0.25) is 4.79 Å². The van der Waals surface area contributed by atoms with Gasteiger partial charge < -0.3 is 19.3 Å². The van der Waals surface area contributed by atoms with Crippen molar-refractivity contribution in [1.82, 2.24) is 14.5 Å². The summed E-state index contributed by atoms with van der Waals surface area (Å²) in [6, 6.07) is 29.5. The summed E-state index contributed by atoms with van der Waals surface area (Å²) in [4.78, 5) is 32.1. The van der Waals surface area contributed by atoms with Gasteiger partial charge in [0.25, 0.3) is 0 Å². The van der Waals surface area contributed by atoms with E-state index in [2.05, 4.69) is 18.2 Å². The van der Waals surface area contributed by atoms with Crippen molar-refractivity contribution in [2.75, 3.05) is 21.2 Å². The Labute approximate surface area is 290 Å². The zero-order valence-electron chi connectivity index (χ0n) is 27.9. The van der Waals surface area contributed by atoms with Crippen LogP contribution in [-0.2, 0) is 11.3 Å². The van der Waals surface area contributed by atoms with Crippen molar-refractivity contribution in [3.8, 4) is 39.4 Å². The van der Waals surface area contributed by atoms with E-state index in [1.165, 1.54) is 12.0 Å². The molecule has 0 radical (unpaired) electrons. The Morgan fingerprint density at radius 1 is 0.878 bits per heavy atom. The highest BCUT2D eigenvalue weighted by Gasteiger charge is 2.28. The summed E-state index contributed by atoms with van der Waals surface area (Å²) in [7, 11) is 5.16. The van der Waals surface area contributed by atoms with E-state index in [1.54, 1.807) is 38.2 Å². The average molecular weight is 672 g/mol. The number of methoxy groups -OCH3 is 1. The number of carboxylic acids is 1. The molecule has 1 N–H and O–H groups in total. The van der Waals surface area contributed by atoms with Gasteiger partial charge >= 0.3 is 5.97 Å². The van der Waals surface area contributed by atoms with E-state index >= 15 is 0 Å². The number of halogens is 1. The molecule has 2 aromatic heterocycles. The number of hydrogen-bond acceptors (Lipinski definition) is 4. The number of amides is 1. The van der Waals surface area contributed by atoms with Crippen molar-refractivity contribution < 1.29 is 19.4 Å². The molecule has 8 heteroatoms. The third-order valence-electron chi connectivity index (χ3n) is 9.78. The molecule has 248 valence electrons. The second-order valence-electron chi connectivity index (χ2n) is 13.0. The maximum Gasteiger partial charge on any atom is 0.335 e. The summed E-state index contributed by atoms with van der Waals surface area (Å²) < 4.78 is 7.62. The zero-order chi connectivity index (χ0) is 34.2. The molecular formula is C41H38ClN3O4. The lowest BCUT2D eigenvalue weighted by Crippen LogP contribution is -2.26. The first-order valence-corrected chi connectivity index (χ1v) is 17.0. The van der Waals surface area contributed by atoms with Gasteiger partial charge in [0.1, 0.15) is 12.3 Å². The summed E-state index contributed by atoms with van der Waals surface area (Å²) in [5.74, 6) is 0.00711. The average Bonchev–Trinajstić information content (AvgIpc) is 3.44. The summed E-state index contributed by atoms with van der Waals surface area (Å²) >= 11 is 6.19. The van der Waals surface area contributed by atoms with Gasteiger partial charge in [-0.1, -0.05) is 67.3 Å². The van der Waals surface area contributed by atoms with Crippen LogP contribution < -0.4 is 4.74 Å². The molecule has 1 aliphatic rings. The zero-order valence-corrected chi connectivity index (χ0v) is 28.6. The van der Waals surface area contributed by atoms with Crippen molar-refractivity contribution in [2.24, 2.45) is 0 Å². The fourth-order valence-corrected chi connectivity index (χ4v) is 7.36. The number of carboxylic acid groups (broad SMARTS) is 1. The lowest BCUT2D eigenvalue weighted by atomic mass is 9.81. The van der Waals surface area contributed by atoms with Crippen LogP contribution in [0.25, 0.3) is 55.4 Å². The Kier molecular flexibility index (Phi) is 8.86. The molecule has 0 aliphatic heterocycles. The third kappa shape index (κ3) is 6.27. The van der Waals surface area contributed by atoms with Gasteiger partial charge in [-0.25, -0.2) is 9.78 Å². The van der Waals surface area contributed by atoms with E-state index in [0.717, 1.165) is 86.9 Å². The molecule has 7 rings (SSSR count). The van der Waals surface area contributed by atoms with Gasteiger partial charge in [0.05, 0.1) is 35.1 Å². The molecule has 0 saturated heterocycles. The van der Waals surface area contributed by atoms with Crippen molar-refractivity contribution in [3.63, 3.8) is 0 Å². The molecule has 1 fully saturated rings. The van der Waals surface area contributed by atoms with Crippen molar-refractivity contribution >= 4 is 45.3 Å². The second-order valence-corrected chi connectivity index (χ2v) is 13.5. The highest BCUT2D eigenvalue weighted by atomic mass is 35.5. The normalized spacial score (nSPS) is 13.6. The monoisotopic (exact) mass is 671 g/mol. The lowest BCUT2D eigenvalue weighted by Gasteiger charge is -2.24. The molecule has 0 atom stereocenters. The van der Waals surface area contributed by atoms with Crippen LogP contribution in [0.1, 0.15) is 53.9 Å². The molecule has 1 aliphatic carbocycles. The topological polar surface area (TPSA) is 84.7 Å². The van der Waals surface area contributed by atoms with Crippen molar-refractivity contribution in [3.05, 3.63) is 107 Å². The molecule has 0 unspecified atom stereocenters. The number of rotatable bonds is 8. The number of nitrogens with zero attached hydrogens (tertiary/aromatic N) is 3. The smallest absolute Gasteiger partial charge is 0.335 e. The third-order valence-corrected chi connectivity index (χ3v) is 10.0. The first-order valence-electron chi connectivity index (χ1n) is 16.7. The Morgan fingerprint density at radius 2 is 1.63 bits per heavy atom. The number of fused-ring (bicyclic) bond motifs is 2. The predicted molar refractivity (Wildman–Crippen MR) is 197 cm³/mol. The quantitative estimate of drug-likeness (QED) is 0.174. The van der Waals surface area contributed by atoms with Gasteiger partial charge in [0, 0.05) is 35.5 Å². The van der Waals surface area contributed by atoms with E-state index in [9.17, 15) is 14.7 Å². The Balaban J connectivity index is 1.40. The molecule has 6 aromatic rings. The minimum absolute atomic E-state index is 0.0593. The van der Waals surface area contributed by atoms with Crippen LogP contribution in [-0.4, -0.2) is 52.6 Å². The summed E-state index contributed by atoms with van der Waals surface area (Å²) in [5, 5.41) is 12.5. The fraction of sp³-hybridized carbons (Fsp3) is 0.244. The first-order chi connectivity index (χ1) is 23.7. The molecule has 1 saturated carbocycles. The first kappa shape index (κ1) is 32.4. The van der Waals surface area contributed by atoms with Crippen LogP contribution in [0.5, 0.6) is 5.75 Å². The van der Waals surface area contributed by atoms with Gasteiger partial charge in [0.15, 0.2) is 0 Å². The largest absolute Gasteiger partial charge is 0.497 e. The molecule has 7 nitrogen and oxygen atoms in total. The number of likely N-dealkylation sites (N-methyl/N-ethyl adjacent to an activating group) is 1. The highest BCUT2D eigenvalue weighted by Crippen LogP contribution is 2.45. The van der Waals surface area contributed by atoms with Gasteiger partial charge in [0.2, 0.25) is 5.91 Å². The number of ether oxygens (including phenoxy) is 1. The fourth-order valence-electron chi connectivity index (χ4n) is 7.23. The van der Waals surface area contributed by atoms with Crippen molar-refractivity contribution in [2.45, 2.75) is 44.6 Å². The van der Waals surface area contributed by atoms with E-state index in [4.69, 9.17) is 21.3 Å². The molecule has 0 bridgehead atoms. The molecular weight excluding hydrogens is 634 g/mol. The van der Waals surface area contributed by atoms with Crippen LogP contribution in [0.15, 0.2) is 91.0 Å². The van der Waals surface area contributed by atoms with Crippen LogP contribution in [0.2, 0.25) is 5.02 Å². The highest BCUT2D eigenvalue weighted by molar-refractivity contribution is 6.30. The van der Waals surface area contributed by atoms with Gasteiger partial charge in [-0.15, -0.1) is 0 Å². The van der Waals surface area contributed by atoms with Gasteiger partial charge in [-0.05, 0) is 95.6 Å². The Hall–Kier alpha value is -5.14. The molecule has 2 heterocycles. The van der Waals surface area contributed by atoms with Gasteiger partial charge in [-0.2, -0.15) is 0 Å². The standard InChI is InChI=1S/C41H38ClN3O4/c1-44(2)38(46)24-45-37-22-29(41(47)48)11-17-33(37)39(26-7-5-4-6-8-26)40(45)28-13-19-35-27(21-28)12-20-36(43-35)34-23-31(49-3)16-18-32(34)25-9-14-30(42)15-10-25/h9-23,26H,4-8,24H2,1-3H3,(H,47,48). The number of hydrogen-bond donors (Lipinski definition) is 1. The van der Waals surface area contributed by atoms with E-state index in [0.29, 0.717) is 10.9 Å². The van der Waals surface area contributed by atoms with Crippen molar-refractivity contribution in [1.29, 1.82) is 0 Å². The molecule has 1 amide bonds. The maximum absolute atomic E-state index is 13.3. The minimum atomic E-state index is -0.989. The Bertz CT molecular complexity index is 2220. The minimum Gasteiger partial charge on any atom is -0.497 e. The van der Waals surface area contributed by atoms with Crippen LogP contribution >= 0.6 is 11.6 Å². The number of pyridine rings is 1. The summed E-state index contributed by atoms with van der Waals surface area (Å²) in [6.45, 7) is 0.104. The number of benzene rings is 4. The van der Waals surface area contributed by atoms with Crippen LogP contribution in [0.4, 0.5) is 0 Å². The lowest BCUT2D eigenvalue weighted by molar-refractivity contribution is -0.129. The molecule has 4 aromatic carbocycles. The summed E-state index contributed by atoms with van der Waals surface area (Å²) in [5.41, 5.74) is 8.78. The molecule has 0 spiro atoms. The number of carbonyl (C=O) groups is 2. The number of aromatic nitrogens is 2. The molecule has 49 heavy (non-hydrogen) atoms. The maximum atomic E-state index is 13.3. The van der Waals surface area contributed by atoms with Crippen LogP contribution in [0, 0.1) is 0 Å².